The first-order chi connectivity index (χ1) is 9.17. The third-order valence-electron chi connectivity index (χ3n) is 2.65. The number of hydrogen-bond acceptors (Lipinski definition) is 3. The molecule has 0 spiro atoms. The van der Waals surface area contributed by atoms with Crippen LogP contribution in [0.4, 0.5) is 5.69 Å². The van der Waals surface area contributed by atoms with Crippen LogP contribution < -0.4 is 10.6 Å². The van der Waals surface area contributed by atoms with Gasteiger partial charge in [-0.1, -0.05) is 13.0 Å². The van der Waals surface area contributed by atoms with Gasteiger partial charge in [-0.3, -0.25) is 4.79 Å². The highest BCUT2D eigenvalue weighted by Crippen LogP contribution is 2.12. The van der Waals surface area contributed by atoms with E-state index in [4.69, 9.17) is 4.74 Å². The number of carbonyl (C=O) groups excluding carboxylic acids is 1. The van der Waals surface area contributed by atoms with Crippen molar-refractivity contribution < 1.29 is 9.53 Å². The van der Waals surface area contributed by atoms with Crippen molar-refractivity contribution in [2.45, 2.75) is 33.2 Å². The summed E-state index contributed by atoms with van der Waals surface area (Å²) >= 11 is 0. The molecular weight excluding hydrogens is 240 g/mol. The number of nitrogens with one attached hydrogen (secondary N) is 2. The van der Waals surface area contributed by atoms with Gasteiger partial charge in [-0.25, -0.2) is 0 Å². The standard InChI is InChI=1S/C15H24N2O2/c1-4-9-16-15(18)13-7-6-8-14(10-13)17-12(3)11-19-5-2/h6-8,10,12,17H,4-5,9,11H2,1-3H3,(H,16,18). The van der Waals surface area contributed by atoms with Crippen molar-refractivity contribution in [3.8, 4) is 0 Å². The summed E-state index contributed by atoms with van der Waals surface area (Å²) in [7, 11) is 0. The zero-order chi connectivity index (χ0) is 14.1. The summed E-state index contributed by atoms with van der Waals surface area (Å²) in [6.07, 6.45) is 0.940. The Morgan fingerprint density at radius 2 is 2.16 bits per heavy atom. The molecule has 0 aliphatic carbocycles. The first-order valence-electron chi connectivity index (χ1n) is 6.89. The summed E-state index contributed by atoms with van der Waals surface area (Å²) < 4.78 is 5.36. The lowest BCUT2D eigenvalue weighted by Crippen LogP contribution is -2.25. The van der Waals surface area contributed by atoms with Gasteiger partial charge in [0.15, 0.2) is 0 Å². The van der Waals surface area contributed by atoms with Gasteiger partial charge in [0.25, 0.3) is 5.91 Å². The van der Waals surface area contributed by atoms with Crippen molar-refractivity contribution in [3.63, 3.8) is 0 Å². The van der Waals surface area contributed by atoms with E-state index in [1.165, 1.54) is 0 Å². The smallest absolute Gasteiger partial charge is 0.251 e. The lowest BCUT2D eigenvalue weighted by Gasteiger charge is -2.15. The second-order valence-corrected chi connectivity index (χ2v) is 4.54. The van der Waals surface area contributed by atoms with Gasteiger partial charge in [0.2, 0.25) is 0 Å². The Balaban J connectivity index is 2.58. The Bertz CT molecular complexity index is 393. The van der Waals surface area contributed by atoms with Crippen molar-refractivity contribution in [1.82, 2.24) is 5.32 Å². The summed E-state index contributed by atoms with van der Waals surface area (Å²) in [5.74, 6) is -0.0250. The van der Waals surface area contributed by atoms with Gasteiger partial charge in [-0.15, -0.1) is 0 Å². The molecule has 0 heterocycles. The molecule has 0 aliphatic rings. The minimum Gasteiger partial charge on any atom is -0.380 e. The van der Waals surface area contributed by atoms with E-state index >= 15 is 0 Å². The number of benzene rings is 1. The van der Waals surface area contributed by atoms with Gasteiger partial charge in [0.05, 0.1) is 6.61 Å². The second kappa shape index (κ2) is 8.53. The highest BCUT2D eigenvalue weighted by molar-refractivity contribution is 5.95. The van der Waals surface area contributed by atoms with E-state index < -0.39 is 0 Å². The van der Waals surface area contributed by atoms with Gasteiger partial charge >= 0.3 is 0 Å². The summed E-state index contributed by atoms with van der Waals surface area (Å²) in [6, 6.07) is 7.75. The molecule has 106 valence electrons. The van der Waals surface area contributed by atoms with Crippen LogP contribution in [0.2, 0.25) is 0 Å². The molecule has 2 N–H and O–H groups in total. The van der Waals surface area contributed by atoms with Crippen LogP contribution in [-0.4, -0.2) is 31.7 Å². The van der Waals surface area contributed by atoms with E-state index in [0.29, 0.717) is 25.3 Å². The van der Waals surface area contributed by atoms with E-state index in [-0.39, 0.29) is 11.9 Å². The summed E-state index contributed by atoms with van der Waals surface area (Å²) in [6.45, 7) is 8.14. The maximum absolute atomic E-state index is 11.9. The monoisotopic (exact) mass is 264 g/mol. The summed E-state index contributed by atoms with van der Waals surface area (Å²) in [5, 5.41) is 6.20. The van der Waals surface area contributed by atoms with Crippen molar-refractivity contribution in [3.05, 3.63) is 29.8 Å². The predicted molar refractivity (Wildman–Crippen MR) is 78.6 cm³/mol. The molecular formula is C15H24N2O2. The first-order valence-corrected chi connectivity index (χ1v) is 6.89. The molecule has 1 unspecified atom stereocenters. The van der Waals surface area contributed by atoms with Gasteiger partial charge in [-0.2, -0.15) is 0 Å². The Morgan fingerprint density at radius 1 is 1.37 bits per heavy atom. The largest absolute Gasteiger partial charge is 0.380 e. The van der Waals surface area contributed by atoms with E-state index in [2.05, 4.69) is 17.6 Å². The average Bonchev–Trinajstić information content (AvgIpc) is 2.42. The van der Waals surface area contributed by atoms with Crippen molar-refractivity contribution in [2.75, 3.05) is 25.1 Å². The number of ether oxygens (including phenoxy) is 1. The molecule has 0 fully saturated rings. The van der Waals surface area contributed by atoms with Crippen LogP contribution in [0.15, 0.2) is 24.3 Å². The molecule has 0 saturated heterocycles. The molecule has 0 bridgehead atoms. The predicted octanol–water partition coefficient (Wildman–Crippen LogP) is 2.66. The van der Waals surface area contributed by atoms with Crippen LogP contribution in [0.3, 0.4) is 0 Å². The van der Waals surface area contributed by atoms with Crippen LogP contribution in [0.1, 0.15) is 37.6 Å². The third kappa shape index (κ3) is 5.75. The summed E-state index contributed by atoms with van der Waals surface area (Å²) in [5.41, 5.74) is 1.62. The quantitative estimate of drug-likeness (QED) is 0.759. The number of hydrogen-bond donors (Lipinski definition) is 2. The number of carbonyl (C=O) groups is 1. The lowest BCUT2D eigenvalue weighted by atomic mass is 10.1. The second-order valence-electron chi connectivity index (χ2n) is 4.54. The van der Waals surface area contributed by atoms with Crippen LogP contribution >= 0.6 is 0 Å². The molecule has 4 nitrogen and oxygen atoms in total. The molecule has 0 aliphatic heterocycles. The maximum atomic E-state index is 11.9. The van der Waals surface area contributed by atoms with Crippen molar-refractivity contribution in [1.29, 1.82) is 0 Å². The van der Waals surface area contributed by atoms with Gasteiger partial charge in [0, 0.05) is 30.4 Å². The third-order valence-corrected chi connectivity index (χ3v) is 2.65. The van der Waals surface area contributed by atoms with Crippen LogP contribution in [-0.2, 0) is 4.74 Å². The fraction of sp³-hybridized carbons (Fsp3) is 0.533. The molecule has 1 aromatic carbocycles. The maximum Gasteiger partial charge on any atom is 0.251 e. The van der Waals surface area contributed by atoms with E-state index in [0.717, 1.165) is 12.1 Å². The molecule has 0 radical (unpaired) electrons. The topological polar surface area (TPSA) is 50.4 Å². The van der Waals surface area contributed by atoms with E-state index in [1.54, 1.807) is 0 Å². The van der Waals surface area contributed by atoms with Crippen LogP contribution in [0, 0.1) is 0 Å². The van der Waals surface area contributed by atoms with Crippen molar-refractivity contribution >= 4 is 11.6 Å². The molecule has 0 saturated carbocycles. The number of rotatable bonds is 8. The molecule has 1 rings (SSSR count). The highest BCUT2D eigenvalue weighted by atomic mass is 16.5. The van der Waals surface area contributed by atoms with Crippen LogP contribution in [0.25, 0.3) is 0 Å². The zero-order valence-corrected chi connectivity index (χ0v) is 12.0. The SMILES string of the molecule is CCCNC(=O)c1cccc(NC(C)COCC)c1. The minimum atomic E-state index is -0.0250. The van der Waals surface area contributed by atoms with Crippen LogP contribution in [0.5, 0.6) is 0 Å². The Kier molecular flexibility index (Phi) is 6.97. The first kappa shape index (κ1) is 15.5. The zero-order valence-electron chi connectivity index (χ0n) is 12.0. The summed E-state index contributed by atoms with van der Waals surface area (Å²) in [4.78, 5) is 11.9. The molecule has 4 heteroatoms. The Morgan fingerprint density at radius 3 is 2.84 bits per heavy atom. The Labute approximate surface area is 115 Å². The molecule has 1 amide bonds. The molecule has 19 heavy (non-hydrogen) atoms. The fourth-order valence-corrected chi connectivity index (χ4v) is 1.71. The molecule has 0 aromatic heterocycles. The van der Waals surface area contributed by atoms with Gasteiger partial charge < -0.3 is 15.4 Å². The number of amides is 1. The normalized spacial score (nSPS) is 11.9. The van der Waals surface area contributed by atoms with Crippen molar-refractivity contribution in [2.24, 2.45) is 0 Å². The lowest BCUT2D eigenvalue weighted by molar-refractivity contribution is 0.0953. The highest BCUT2D eigenvalue weighted by Gasteiger charge is 2.07. The minimum absolute atomic E-state index is 0.0250. The molecule has 1 aromatic rings. The van der Waals surface area contributed by atoms with Gasteiger partial charge in [-0.05, 0) is 38.5 Å². The fourth-order valence-electron chi connectivity index (χ4n) is 1.71. The number of anilines is 1. The Hall–Kier alpha value is -1.55. The van der Waals surface area contributed by atoms with Gasteiger partial charge in [0.1, 0.15) is 0 Å². The average molecular weight is 264 g/mol. The van der Waals surface area contributed by atoms with E-state index in [1.807, 2.05) is 38.1 Å². The molecule has 1 atom stereocenters. The van der Waals surface area contributed by atoms with E-state index in [9.17, 15) is 4.79 Å².